The van der Waals surface area contributed by atoms with Crippen molar-refractivity contribution in [1.82, 2.24) is 9.47 Å². The van der Waals surface area contributed by atoms with Gasteiger partial charge in [0.15, 0.2) is 0 Å². The van der Waals surface area contributed by atoms with Crippen LogP contribution in [0.5, 0.6) is 0 Å². The van der Waals surface area contributed by atoms with Crippen LogP contribution in [0.3, 0.4) is 0 Å². The summed E-state index contributed by atoms with van der Waals surface area (Å²) in [7, 11) is 1.87. The minimum absolute atomic E-state index is 0.0336. The van der Waals surface area contributed by atoms with Gasteiger partial charge in [-0.05, 0) is 31.4 Å². The van der Waals surface area contributed by atoms with Crippen LogP contribution in [0, 0.1) is 0 Å². The van der Waals surface area contributed by atoms with E-state index >= 15 is 0 Å². The summed E-state index contributed by atoms with van der Waals surface area (Å²) >= 11 is 0. The topological polar surface area (TPSA) is 45.5 Å². The van der Waals surface area contributed by atoms with Crippen molar-refractivity contribution in [3.63, 3.8) is 0 Å². The van der Waals surface area contributed by atoms with Crippen LogP contribution < -0.4 is 0 Å². The molecular formula is C12H18N2O2. The molecule has 1 heterocycles. The average Bonchev–Trinajstić information content (AvgIpc) is 2.60. The number of hydrogen-bond acceptors (Lipinski definition) is 2. The summed E-state index contributed by atoms with van der Waals surface area (Å²) in [4.78, 5) is 14.0. The monoisotopic (exact) mass is 222 g/mol. The highest BCUT2D eigenvalue weighted by Gasteiger charge is 2.29. The number of aryl methyl sites for hydroxylation is 1. The summed E-state index contributed by atoms with van der Waals surface area (Å²) in [5.41, 5.74) is 0.695. The van der Waals surface area contributed by atoms with Crippen LogP contribution >= 0.6 is 0 Å². The standard InChI is InChI=1S/C12H18N2O2/c1-13-7-3-6-11(13)12(16)14(8-9-15)10-4-2-5-10/h3,6-7,10,15H,2,4-5,8-9H2,1H3. The Balaban J connectivity index is 2.13. The molecular weight excluding hydrogens is 204 g/mol. The number of nitrogens with zero attached hydrogens (tertiary/aromatic N) is 2. The Bertz CT molecular complexity index is 369. The molecule has 1 aromatic heterocycles. The Kier molecular flexibility index (Phi) is 3.29. The fourth-order valence-electron chi connectivity index (χ4n) is 2.09. The van der Waals surface area contributed by atoms with Crippen LogP contribution in [0.2, 0.25) is 0 Å². The first-order valence-electron chi connectivity index (χ1n) is 5.77. The maximum atomic E-state index is 12.2. The normalized spacial score (nSPS) is 15.9. The Morgan fingerprint density at radius 2 is 2.38 bits per heavy atom. The highest BCUT2D eigenvalue weighted by molar-refractivity contribution is 5.93. The van der Waals surface area contributed by atoms with Crippen molar-refractivity contribution >= 4 is 5.91 Å². The van der Waals surface area contributed by atoms with E-state index in [4.69, 9.17) is 5.11 Å². The molecule has 0 atom stereocenters. The first-order chi connectivity index (χ1) is 7.74. The minimum Gasteiger partial charge on any atom is -0.395 e. The van der Waals surface area contributed by atoms with Crippen molar-refractivity contribution in [3.05, 3.63) is 24.0 Å². The molecule has 1 aromatic rings. The van der Waals surface area contributed by atoms with Crippen LogP contribution in [0.4, 0.5) is 0 Å². The van der Waals surface area contributed by atoms with Crippen molar-refractivity contribution in [2.75, 3.05) is 13.2 Å². The van der Waals surface area contributed by atoms with Gasteiger partial charge in [-0.15, -0.1) is 0 Å². The molecule has 0 saturated heterocycles. The minimum atomic E-state index is 0.0336. The zero-order valence-electron chi connectivity index (χ0n) is 9.59. The zero-order valence-corrected chi connectivity index (χ0v) is 9.59. The number of rotatable bonds is 4. The number of aromatic nitrogens is 1. The fraction of sp³-hybridized carbons (Fsp3) is 0.583. The summed E-state index contributed by atoms with van der Waals surface area (Å²) in [5, 5.41) is 9.02. The number of aliphatic hydroxyl groups excluding tert-OH is 1. The molecule has 0 radical (unpaired) electrons. The number of amides is 1. The van der Waals surface area contributed by atoms with E-state index in [1.165, 1.54) is 6.42 Å². The van der Waals surface area contributed by atoms with Gasteiger partial charge in [-0.25, -0.2) is 0 Å². The molecule has 1 amide bonds. The molecule has 0 spiro atoms. The third kappa shape index (κ3) is 1.97. The molecule has 1 aliphatic rings. The second-order valence-electron chi connectivity index (χ2n) is 4.31. The van der Waals surface area contributed by atoms with Crippen LogP contribution in [-0.2, 0) is 7.05 Å². The SMILES string of the molecule is Cn1cccc1C(=O)N(CCO)C1CCC1. The lowest BCUT2D eigenvalue weighted by molar-refractivity contribution is 0.0516. The van der Waals surface area contributed by atoms with Gasteiger partial charge >= 0.3 is 0 Å². The molecule has 16 heavy (non-hydrogen) atoms. The molecule has 0 aliphatic heterocycles. The molecule has 1 saturated carbocycles. The van der Waals surface area contributed by atoms with Gasteiger partial charge in [0.05, 0.1) is 6.61 Å². The van der Waals surface area contributed by atoms with Gasteiger partial charge in [-0.2, -0.15) is 0 Å². The number of aliphatic hydroxyl groups is 1. The predicted molar refractivity (Wildman–Crippen MR) is 61.2 cm³/mol. The van der Waals surface area contributed by atoms with Gasteiger partial charge in [0, 0.05) is 25.8 Å². The van der Waals surface area contributed by atoms with Crippen molar-refractivity contribution in [3.8, 4) is 0 Å². The van der Waals surface area contributed by atoms with Gasteiger partial charge in [0.1, 0.15) is 5.69 Å². The molecule has 0 aromatic carbocycles. The van der Waals surface area contributed by atoms with E-state index in [9.17, 15) is 4.79 Å². The van der Waals surface area contributed by atoms with E-state index in [1.54, 1.807) is 4.90 Å². The summed E-state index contributed by atoms with van der Waals surface area (Å²) in [6, 6.07) is 4.02. The molecule has 4 heteroatoms. The van der Waals surface area contributed by atoms with Crippen molar-refractivity contribution in [2.24, 2.45) is 7.05 Å². The third-order valence-corrected chi connectivity index (χ3v) is 3.28. The average molecular weight is 222 g/mol. The molecule has 4 nitrogen and oxygen atoms in total. The molecule has 1 fully saturated rings. The van der Waals surface area contributed by atoms with E-state index in [2.05, 4.69) is 0 Å². The second kappa shape index (κ2) is 4.70. The molecule has 0 bridgehead atoms. The smallest absolute Gasteiger partial charge is 0.270 e. The fourth-order valence-corrected chi connectivity index (χ4v) is 2.09. The van der Waals surface area contributed by atoms with Crippen molar-refractivity contribution in [2.45, 2.75) is 25.3 Å². The van der Waals surface area contributed by atoms with E-state index in [-0.39, 0.29) is 12.5 Å². The highest BCUT2D eigenvalue weighted by atomic mass is 16.3. The van der Waals surface area contributed by atoms with Gasteiger partial charge in [0.25, 0.3) is 5.91 Å². The predicted octanol–water partition coefficient (Wildman–Crippen LogP) is 1.01. The third-order valence-electron chi connectivity index (χ3n) is 3.28. The van der Waals surface area contributed by atoms with E-state index < -0.39 is 0 Å². The lowest BCUT2D eigenvalue weighted by atomic mass is 9.91. The molecule has 1 N–H and O–H groups in total. The van der Waals surface area contributed by atoms with E-state index in [1.807, 2.05) is 29.9 Å². The largest absolute Gasteiger partial charge is 0.395 e. The summed E-state index contributed by atoms with van der Waals surface area (Å²) in [5.74, 6) is 0.0336. The highest BCUT2D eigenvalue weighted by Crippen LogP contribution is 2.25. The van der Waals surface area contributed by atoms with Crippen molar-refractivity contribution < 1.29 is 9.90 Å². The van der Waals surface area contributed by atoms with Gasteiger partial charge in [-0.1, -0.05) is 0 Å². The van der Waals surface area contributed by atoms with E-state index in [0.29, 0.717) is 18.3 Å². The number of carbonyl (C=O) groups is 1. The Morgan fingerprint density at radius 3 is 2.81 bits per heavy atom. The first-order valence-corrected chi connectivity index (χ1v) is 5.77. The summed E-state index contributed by atoms with van der Waals surface area (Å²) < 4.78 is 1.82. The lowest BCUT2D eigenvalue weighted by Crippen LogP contribution is -2.46. The van der Waals surface area contributed by atoms with Crippen molar-refractivity contribution in [1.29, 1.82) is 0 Å². The number of carbonyl (C=O) groups excluding carboxylic acids is 1. The molecule has 1 aliphatic carbocycles. The van der Waals surface area contributed by atoms with Gasteiger partial charge in [-0.3, -0.25) is 4.79 Å². The van der Waals surface area contributed by atoms with Crippen LogP contribution in [0.25, 0.3) is 0 Å². The summed E-state index contributed by atoms with van der Waals surface area (Å²) in [6.45, 7) is 0.474. The number of hydrogen-bond donors (Lipinski definition) is 1. The maximum absolute atomic E-state index is 12.2. The Morgan fingerprint density at radius 1 is 1.62 bits per heavy atom. The molecule has 2 rings (SSSR count). The Hall–Kier alpha value is -1.29. The van der Waals surface area contributed by atoms with Crippen LogP contribution in [0.15, 0.2) is 18.3 Å². The lowest BCUT2D eigenvalue weighted by Gasteiger charge is -2.37. The Labute approximate surface area is 95.5 Å². The maximum Gasteiger partial charge on any atom is 0.270 e. The van der Waals surface area contributed by atoms with Crippen LogP contribution in [0.1, 0.15) is 29.8 Å². The molecule has 88 valence electrons. The van der Waals surface area contributed by atoms with Gasteiger partial charge < -0.3 is 14.6 Å². The quantitative estimate of drug-likeness (QED) is 0.826. The van der Waals surface area contributed by atoms with E-state index in [0.717, 1.165) is 12.8 Å². The summed E-state index contributed by atoms with van der Waals surface area (Å²) in [6.07, 6.45) is 5.18. The zero-order chi connectivity index (χ0) is 11.5. The van der Waals surface area contributed by atoms with Gasteiger partial charge in [0.2, 0.25) is 0 Å². The molecule has 0 unspecified atom stereocenters. The first kappa shape index (κ1) is 11.2. The second-order valence-corrected chi connectivity index (χ2v) is 4.31. The van der Waals surface area contributed by atoms with Crippen LogP contribution in [-0.4, -0.2) is 39.7 Å².